The summed E-state index contributed by atoms with van der Waals surface area (Å²) in [4.78, 5) is 12.6. The summed E-state index contributed by atoms with van der Waals surface area (Å²) in [7, 11) is 3.03. The SMILES string of the molecule is COc1cccc(C(=O)/C(C#N)=C/c2cc(OC)c3c(c2)OCO3)c1. The Kier molecular flexibility index (Phi) is 4.57. The number of hydrogen-bond donors (Lipinski definition) is 0. The monoisotopic (exact) mass is 337 g/mol. The highest BCUT2D eigenvalue weighted by Crippen LogP contribution is 2.42. The number of nitrogens with zero attached hydrogens (tertiary/aromatic N) is 1. The first kappa shape index (κ1) is 16.4. The van der Waals surface area contributed by atoms with Crippen LogP contribution in [0.25, 0.3) is 6.08 Å². The average molecular weight is 337 g/mol. The van der Waals surface area contributed by atoms with Crippen LogP contribution in [-0.2, 0) is 0 Å². The van der Waals surface area contributed by atoms with Crippen LogP contribution in [0.4, 0.5) is 0 Å². The number of ether oxygens (including phenoxy) is 4. The second kappa shape index (κ2) is 6.97. The van der Waals surface area contributed by atoms with E-state index in [0.717, 1.165) is 0 Å². The third-order valence-corrected chi connectivity index (χ3v) is 3.69. The van der Waals surface area contributed by atoms with Crippen LogP contribution in [0.2, 0.25) is 0 Å². The topological polar surface area (TPSA) is 77.8 Å². The molecule has 1 heterocycles. The van der Waals surface area contributed by atoms with Crippen LogP contribution in [0.3, 0.4) is 0 Å². The number of carbonyl (C=O) groups is 1. The van der Waals surface area contributed by atoms with Gasteiger partial charge in [-0.2, -0.15) is 5.26 Å². The molecule has 0 aromatic heterocycles. The van der Waals surface area contributed by atoms with Crippen molar-refractivity contribution >= 4 is 11.9 Å². The van der Waals surface area contributed by atoms with Crippen LogP contribution in [-0.4, -0.2) is 26.8 Å². The molecule has 0 fully saturated rings. The van der Waals surface area contributed by atoms with Crippen molar-refractivity contribution in [3.63, 3.8) is 0 Å². The maximum atomic E-state index is 12.6. The van der Waals surface area contributed by atoms with Gasteiger partial charge in [-0.15, -0.1) is 0 Å². The first-order valence-electron chi connectivity index (χ1n) is 7.44. The van der Waals surface area contributed by atoms with E-state index in [1.165, 1.54) is 20.3 Å². The number of Topliss-reactive ketones (excluding diaryl/α,β-unsaturated/α-hetero) is 1. The summed E-state index contributed by atoms with van der Waals surface area (Å²) in [5.74, 6) is 1.66. The molecule has 1 aliphatic heterocycles. The van der Waals surface area contributed by atoms with Crippen molar-refractivity contribution in [3.05, 3.63) is 53.1 Å². The fraction of sp³-hybridized carbons (Fsp3) is 0.158. The largest absolute Gasteiger partial charge is 0.497 e. The quantitative estimate of drug-likeness (QED) is 0.473. The molecular weight excluding hydrogens is 322 g/mol. The van der Waals surface area contributed by atoms with E-state index < -0.39 is 5.78 Å². The molecule has 1 aliphatic rings. The van der Waals surface area contributed by atoms with E-state index in [-0.39, 0.29) is 12.4 Å². The fourth-order valence-electron chi connectivity index (χ4n) is 2.47. The predicted octanol–water partition coefficient (Wildman–Crippen LogP) is 3.22. The standard InChI is InChI=1S/C19H15NO5/c1-22-15-5-3-4-13(9-15)18(21)14(10-20)6-12-7-16(23-2)19-17(8-12)24-11-25-19/h3-9H,11H2,1-2H3/b14-6+. The van der Waals surface area contributed by atoms with Crippen LogP contribution in [0.5, 0.6) is 23.0 Å². The molecule has 2 aromatic carbocycles. The maximum absolute atomic E-state index is 12.6. The van der Waals surface area contributed by atoms with Crippen LogP contribution >= 0.6 is 0 Å². The van der Waals surface area contributed by atoms with Crippen molar-refractivity contribution in [3.8, 4) is 29.1 Å². The average Bonchev–Trinajstić information content (AvgIpc) is 3.13. The van der Waals surface area contributed by atoms with Crippen molar-refractivity contribution in [2.75, 3.05) is 21.0 Å². The second-order valence-electron chi connectivity index (χ2n) is 5.19. The lowest BCUT2D eigenvalue weighted by atomic mass is 10.0. The summed E-state index contributed by atoms with van der Waals surface area (Å²) in [5, 5.41) is 9.41. The van der Waals surface area contributed by atoms with Gasteiger partial charge in [0.15, 0.2) is 11.5 Å². The molecule has 0 bridgehead atoms. The summed E-state index contributed by atoms with van der Waals surface area (Å²) in [6.07, 6.45) is 1.49. The van der Waals surface area contributed by atoms with E-state index in [0.29, 0.717) is 34.1 Å². The number of hydrogen-bond acceptors (Lipinski definition) is 6. The molecule has 0 aliphatic carbocycles. The molecule has 0 atom stereocenters. The summed E-state index contributed by atoms with van der Waals surface area (Å²) in [6, 6.07) is 12.0. The number of fused-ring (bicyclic) bond motifs is 1. The Morgan fingerprint density at radius 1 is 1.20 bits per heavy atom. The molecule has 0 unspecified atom stereocenters. The van der Waals surface area contributed by atoms with Crippen LogP contribution in [0.1, 0.15) is 15.9 Å². The highest BCUT2D eigenvalue weighted by atomic mass is 16.7. The number of methoxy groups -OCH3 is 2. The van der Waals surface area contributed by atoms with Crippen LogP contribution in [0.15, 0.2) is 42.0 Å². The summed E-state index contributed by atoms with van der Waals surface area (Å²) < 4.78 is 21.1. The third-order valence-electron chi connectivity index (χ3n) is 3.69. The first-order chi connectivity index (χ1) is 12.2. The van der Waals surface area contributed by atoms with E-state index in [9.17, 15) is 10.1 Å². The Morgan fingerprint density at radius 2 is 2.04 bits per heavy atom. The number of ketones is 1. The van der Waals surface area contributed by atoms with E-state index in [2.05, 4.69) is 0 Å². The Labute approximate surface area is 144 Å². The molecule has 0 radical (unpaired) electrons. The van der Waals surface area contributed by atoms with Gasteiger partial charge in [0, 0.05) is 5.56 Å². The van der Waals surface area contributed by atoms with E-state index in [4.69, 9.17) is 18.9 Å². The van der Waals surface area contributed by atoms with Gasteiger partial charge in [-0.05, 0) is 35.9 Å². The number of carbonyl (C=O) groups excluding carboxylic acids is 1. The van der Waals surface area contributed by atoms with E-state index >= 15 is 0 Å². The molecule has 0 N–H and O–H groups in total. The Hall–Kier alpha value is -3.46. The van der Waals surface area contributed by atoms with Crippen LogP contribution in [0, 0.1) is 11.3 Å². The van der Waals surface area contributed by atoms with Gasteiger partial charge in [-0.1, -0.05) is 12.1 Å². The van der Waals surface area contributed by atoms with E-state index in [1.807, 2.05) is 6.07 Å². The van der Waals surface area contributed by atoms with Gasteiger partial charge in [-0.25, -0.2) is 0 Å². The molecular formula is C19H15NO5. The van der Waals surface area contributed by atoms with Gasteiger partial charge in [0.1, 0.15) is 17.4 Å². The summed E-state index contributed by atoms with van der Waals surface area (Å²) in [5.41, 5.74) is 0.975. The molecule has 2 aromatic rings. The predicted molar refractivity (Wildman–Crippen MR) is 90.0 cm³/mol. The fourth-order valence-corrected chi connectivity index (χ4v) is 2.47. The second-order valence-corrected chi connectivity index (χ2v) is 5.19. The van der Waals surface area contributed by atoms with Crippen molar-refractivity contribution in [2.45, 2.75) is 0 Å². The smallest absolute Gasteiger partial charge is 0.231 e. The number of rotatable bonds is 5. The zero-order valence-electron chi connectivity index (χ0n) is 13.7. The highest BCUT2D eigenvalue weighted by Gasteiger charge is 2.20. The number of benzene rings is 2. The number of allylic oxidation sites excluding steroid dienone is 1. The van der Waals surface area contributed by atoms with E-state index in [1.54, 1.807) is 36.4 Å². The normalized spacial score (nSPS) is 12.4. The lowest BCUT2D eigenvalue weighted by Gasteiger charge is -2.07. The molecule has 0 amide bonds. The van der Waals surface area contributed by atoms with Gasteiger partial charge in [0.05, 0.1) is 14.2 Å². The zero-order chi connectivity index (χ0) is 17.8. The van der Waals surface area contributed by atoms with Gasteiger partial charge < -0.3 is 18.9 Å². The Bertz CT molecular complexity index is 895. The van der Waals surface area contributed by atoms with Gasteiger partial charge >= 0.3 is 0 Å². The van der Waals surface area contributed by atoms with Gasteiger partial charge in [-0.3, -0.25) is 4.79 Å². The lowest BCUT2D eigenvalue weighted by molar-refractivity contribution is 0.103. The lowest BCUT2D eigenvalue weighted by Crippen LogP contribution is -2.02. The molecule has 0 saturated carbocycles. The molecule has 25 heavy (non-hydrogen) atoms. The molecule has 0 saturated heterocycles. The van der Waals surface area contributed by atoms with Crippen molar-refractivity contribution in [1.29, 1.82) is 5.26 Å². The van der Waals surface area contributed by atoms with Crippen molar-refractivity contribution in [2.24, 2.45) is 0 Å². The molecule has 3 rings (SSSR count). The molecule has 6 nitrogen and oxygen atoms in total. The third kappa shape index (κ3) is 3.26. The summed E-state index contributed by atoms with van der Waals surface area (Å²) >= 11 is 0. The maximum Gasteiger partial charge on any atom is 0.231 e. The minimum absolute atomic E-state index is 0.00540. The summed E-state index contributed by atoms with van der Waals surface area (Å²) in [6.45, 7) is 0.104. The molecule has 126 valence electrons. The van der Waals surface area contributed by atoms with Crippen molar-refractivity contribution in [1.82, 2.24) is 0 Å². The van der Waals surface area contributed by atoms with Gasteiger partial charge in [0.2, 0.25) is 18.3 Å². The minimum atomic E-state index is -0.391. The molecule has 6 heteroatoms. The Balaban J connectivity index is 1.98. The first-order valence-corrected chi connectivity index (χ1v) is 7.44. The number of nitriles is 1. The van der Waals surface area contributed by atoms with Crippen molar-refractivity contribution < 1.29 is 23.7 Å². The highest BCUT2D eigenvalue weighted by molar-refractivity contribution is 6.14. The minimum Gasteiger partial charge on any atom is -0.497 e. The Morgan fingerprint density at radius 3 is 2.76 bits per heavy atom. The zero-order valence-corrected chi connectivity index (χ0v) is 13.7. The van der Waals surface area contributed by atoms with Crippen LogP contribution < -0.4 is 18.9 Å². The van der Waals surface area contributed by atoms with Gasteiger partial charge in [0.25, 0.3) is 0 Å². The molecule has 0 spiro atoms.